The standard InChI is InChI=1S/C24H33N5O2S2.C2HF3O2/c1-3-29(4-2)23-20-8-5-6-9-21(20)27-24(28-23)25-16-18-11-13-19(14-12-18)17-26-33(30,31)22-10-7-15-32-22;3-2(4,5)1(6)7/h5-10,15,18-19,26H,3-4,11-14,16-17H2,1-2H3,(H,25,27,28);(H,6,7). The van der Waals surface area contributed by atoms with Gasteiger partial charge in [-0.15, -0.1) is 11.3 Å². The Kier molecular flexibility index (Phi) is 11.1. The molecule has 0 amide bonds. The molecule has 3 aromatic rings. The Labute approximate surface area is 235 Å². The summed E-state index contributed by atoms with van der Waals surface area (Å²) in [6, 6.07) is 11.6. The number of thiophene rings is 1. The first-order chi connectivity index (χ1) is 18.9. The van der Waals surface area contributed by atoms with Gasteiger partial charge in [0.05, 0.1) is 5.52 Å². The molecule has 14 heteroatoms. The molecule has 2 heterocycles. The number of hydrogen-bond acceptors (Lipinski definition) is 8. The molecule has 0 bridgehead atoms. The molecule has 0 spiro atoms. The van der Waals surface area contributed by atoms with Gasteiger partial charge in [-0.3, -0.25) is 0 Å². The fourth-order valence-corrected chi connectivity index (χ4v) is 6.65. The van der Waals surface area contributed by atoms with Crippen molar-refractivity contribution >= 4 is 50.0 Å². The van der Waals surface area contributed by atoms with Crippen molar-refractivity contribution in [1.82, 2.24) is 14.7 Å². The number of hydrogen-bond donors (Lipinski definition) is 3. The zero-order chi connectivity index (χ0) is 29.3. The van der Waals surface area contributed by atoms with Crippen LogP contribution in [0.2, 0.25) is 0 Å². The number of benzene rings is 1. The summed E-state index contributed by atoms with van der Waals surface area (Å²) < 4.78 is 59.6. The SMILES string of the molecule is CCN(CC)c1nc(NCC2CCC(CNS(=O)(=O)c3cccs3)CC2)nc2ccccc12.O=C(O)C(F)(F)F. The molecule has 9 nitrogen and oxygen atoms in total. The first-order valence-corrected chi connectivity index (χ1v) is 15.4. The Balaban J connectivity index is 0.000000559. The minimum absolute atomic E-state index is 0.389. The number of anilines is 2. The van der Waals surface area contributed by atoms with Crippen molar-refractivity contribution in [2.24, 2.45) is 11.8 Å². The molecule has 3 N–H and O–H groups in total. The van der Waals surface area contributed by atoms with Crippen molar-refractivity contribution in [3.05, 3.63) is 41.8 Å². The van der Waals surface area contributed by atoms with Crippen LogP contribution in [0, 0.1) is 11.8 Å². The van der Waals surface area contributed by atoms with Crippen molar-refractivity contribution in [3.8, 4) is 0 Å². The Morgan fingerprint density at radius 2 is 1.62 bits per heavy atom. The Bertz CT molecular complexity index is 1340. The van der Waals surface area contributed by atoms with E-state index in [4.69, 9.17) is 19.9 Å². The Hall–Kier alpha value is -2.97. The number of halogens is 3. The van der Waals surface area contributed by atoms with Crippen LogP contribution in [0.1, 0.15) is 39.5 Å². The number of aromatic nitrogens is 2. The number of rotatable bonds is 10. The van der Waals surface area contributed by atoms with Gasteiger partial charge in [0, 0.05) is 31.6 Å². The normalized spacial score (nSPS) is 17.6. The van der Waals surface area contributed by atoms with E-state index in [1.54, 1.807) is 17.5 Å². The van der Waals surface area contributed by atoms with Gasteiger partial charge in [-0.2, -0.15) is 18.2 Å². The lowest BCUT2D eigenvalue weighted by atomic mass is 9.82. The quantitative estimate of drug-likeness (QED) is 0.284. The molecule has 1 fully saturated rings. The molecule has 40 heavy (non-hydrogen) atoms. The lowest BCUT2D eigenvalue weighted by Crippen LogP contribution is -2.32. The molecule has 0 radical (unpaired) electrons. The van der Waals surface area contributed by atoms with Gasteiger partial charge in [0.15, 0.2) is 0 Å². The van der Waals surface area contributed by atoms with Crippen molar-refractivity contribution in [1.29, 1.82) is 0 Å². The van der Waals surface area contributed by atoms with E-state index >= 15 is 0 Å². The third-order valence-corrected chi connectivity index (χ3v) is 9.55. The number of carbonyl (C=O) groups is 1. The largest absolute Gasteiger partial charge is 0.490 e. The summed E-state index contributed by atoms with van der Waals surface area (Å²) in [7, 11) is -3.37. The fourth-order valence-electron chi connectivity index (χ4n) is 4.49. The van der Waals surface area contributed by atoms with Crippen molar-refractivity contribution < 1.29 is 31.5 Å². The van der Waals surface area contributed by atoms with E-state index in [1.807, 2.05) is 18.2 Å². The number of carboxylic acid groups (broad SMARTS) is 1. The van der Waals surface area contributed by atoms with Crippen LogP contribution in [0.3, 0.4) is 0 Å². The molecule has 220 valence electrons. The van der Waals surface area contributed by atoms with Crippen LogP contribution >= 0.6 is 11.3 Å². The van der Waals surface area contributed by atoms with Gasteiger partial charge in [0.1, 0.15) is 10.0 Å². The lowest BCUT2D eigenvalue weighted by molar-refractivity contribution is -0.192. The highest BCUT2D eigenvalue weighted by Gasteiger charge is 2.38. The molecule has 0 unspecified atom stereocenters. The third-order valence-electron chi connectivity index (χ3n) is 6.73. The van der Waals surface area contributed by atoms with Crippen LogP contribution in [0.5, 0.6) is 0 Å². The van der Waals surface area contributed by atoms with Gasteiger partial charge in [-0.05, 0) is 74.9 Å². The minimum Gasteiger partial charge on any atom is -0.475 e. The summed E-state index contributed by atoms with van der Waals surface area (Å²) in [5.74, 6) is -0.159. The second kappa shape index (κ2) is 14.1. The summed E-state index contributed by atoms with van der Waals surface area (Å²) in [4.78, 5) is 20.8. The fraction of sp³-hybridized carbons (Fsp3) is 0.500. The zero-order valence-corrected chi connectivity index (χ0v) is 23.9. The van der Waals surface area contributed by atoms with Gasteiger partial charge in [-0.25, -0.2) is 22.9 Å². The number of fused-ring (bicyclic) bond motifs is 1. The molecule has 1 aliphatic carbocycles. The molecular formula is C26H34F3N5O4S2. The van der Waals surface area contributed by atoms with Gasteiger partial charge < -0.3 is 15.3 Å². The molecule has 1 saturated carbocycles. The smallest absolute Gasteiger partial charge is 0.475 e. The molecule has 2 aromatic heterocycles. The van der Waals surface area contributed by atoms with Crippen LogP contribution in [0.15, 0.2) is 46.0 Å². The predicted molar refractivity (Wildman–Crippen MR) is 150 cm³/mol. The van der Waals surface area contributed by atoms with E-state index in [2.05, 4.69) is 34.9 Å². The van der Waals surface area contributed by atoms with Crippen LogP contribution in [0.4, 0.5) is 24.9 Å². The van der Waals surface area contributed by atoms with E-state index < -0.39 is 22.2 Å². The maximum Gasteiger partial charge on any atom is 0.490 e. The van der Waals surface area contributed by atoms with Crippen LogP contribution < -0.4 is 14.9 Å². The van der Waals surface area contributed by atoms with Crippen LogP contribution in [-0.4, -0.2) is 61.8 Å². The summed E-state index contributed by atoms with van der Waals surface area (Å²) >= 11 is 1.25. The number of sulfonamides is 1. The average Bonchev–Trinajstić information content (AvgIpc) is 3.48. The summed E-state index contributed by atoms with van der Waals surface area (Å²) in [5, 5.41) is 13.5. The topological polar surface area (TPSA) is 125 Å². The number of para-hydroxylation sites is 1. The second-order valence-corrected chi connectivity index (χ2v) is 12.4. The zero-order valence-electron chi connectivity index (χ0n) is 22.3. The first-order valence-electron chi connectivity index (χ1n) is 13.0. The molecular weight excluding hydrogens is 567 g/mol. The van der Waals surface area contributed by atoms with E-state index in [9.17, 15) is 21.6 Å². The summed E-state index contributed by atoms with van der Waals surface area (Å²) in [5.41, 5.74) is 0.957. The van der Waals surface area contributed by atoms with E-state index in [0.29, 0.717) is 28.5 Å². The highest BCUT2D eigenvalue weighted by atomic mass is 32.2. The van der Waals surface area contributed by atoms with E-state index in [1.165, 1.54) is 11.3 Å². The number of carboxylic acids is 1. The van der Waals surface area contributed by atoms with E-state index in [-0.39, 0.29) is 0 Å². The minimum atomic E-state index is -5.08. The monoisotopic (exact) mass is 601 g/mol. The van der Waals surface area contributed by atoms with Crippen molar-refractivity contribution in [3.63, 3.8) is 0 Å². The number of nitrogens with one attached hydrogen (secondary N) is 2. The highest BCUT2D eigenvalue weighted by molar-refractivity contribution is 7.91. The Morgan fingerprint density at radius 1 is 1.02 bits per heavy atom. The lowest BCUT2D eigenvalue weighted by Gasteiger charge is -2.29. The number of nitrogens with zero attached hydrogens (tertiary/aromatic N) is 3. The van der Waals surface area contributed by atoms with Gasteiger partial charge in [0.2, 0.25) is 16.0 Å². The van der Waals surface area contributed by atoms with Gasteiger partial charge in [-0.1, -0.05) is 18.2 Å². The van der Waals surface area contributed by atoms with E-state index in [0.717, 1.165) is 62.0 Å². The summed E-state index contributed by atoms with van der Waals surface area (Å²) in [6.07, 6.45) is -0.866. The predicted octanol–water partition coefficient (Wildman–Crippen LogP) is 5.37. The average molecular weight is 602 g/mol. The number of aliphatic carboxylic acids is 1. The van der Waals surface area contributed by atoms with Crippen molar-refractivity contribution in [2.75, 3.05) is 36.4 Å². The maximum absolute atomic E-state index is 12.3. The Morgan fingerprint density at radius 3 is 2.17 bits per heavy atom. The molecule has 4 rings (SSSR count). The first kappa shape index (κ1) is 31.6. The third kappa shape index (κ3) is 8.77. The van der Waals surface area contributed by atoms with Crippen molar-refractivity contribution in [2.45, 2.75) is 49.9 Å². The number of alkyl halides is 3. The van der Waals surface area contributed by atoms with Crippen LogP contribution in [-0.2, 0) is 14.8 Å². The summed E-state index contributed by atoms with van der Waals surface area (Å²) in [6.45, 7) is 7.44. The second-order valence-electron chi connectivity index (χ2n) is 9.41. The van der Waals surface area contributed by atoms with Gasteiger partial charge >= 0.3 is 12.1 Å². The highest BCUT2D eigenvalue weighted by Crippen LogP contribution is 2.30. The molecule has 1 aromatic carbocycles. The van der Waals surface area contributed by atoms with Gasteiger partial charge in [0.25, 0.3) is 0 Å². The molecule has 0 atom stereocenters. The molecule has 1 aliphatic rings. The maximum atomic E-state index is 12.3. The van der Waals surface area contributed by atoms with Crippen LogP contribution in [0.25, 0.3) is 10.9 Å². The molecule has 0 aliphatic heterocycles. The molecule has 0 saturated heterocycles.